The lowest BCUT2D eigenvalue weighted by Crippen LogP contribution is -2.60. The first-order valence-corrected chi connectivity index (χ1v) is 21.3. The van der Waals surface area contributed by atoms with Gasteiger partial charge < -0.3 is 24.3 Å². The van der Waals surface area contributed by atoms with Crippen molar-refractivity contribution in [3.8, 4) is 11.3 Å². The Labute approximate surface area is 335 Å². The van der Waals surface area contributed by atoms with Crippen LogP contribution in [-0.4, -0.2) is 101 Å². The van der Waals surface area contributed by atoms with Crippen molar-refractivity contribution in [3.05, 3.63) is 53.3 Å². The molecule has 1 aromatic carbocycles. The number of carbonyl (C=O) groups is 3. The second kappa shape index (κ2) is 16.6. The third-order valence-electron chi connectivity index (χ3n) is 12.2. The Hall–Kier alpha value is -3.78. The molecule has 3 aliphatic heterocycles. The molecule has 0 spiro atoms. The second-order valence-corrected chi connectivity index (χ2v) is 18.4. The number of nitrogens with zero attached hydrogens (tertiary/aromatic N) is 5. The predicted molar refractivity (Wildman–Crippen MR) is 221 cm³/mol. The summed E-state index contributed by atoms with van der Waals surface area (Å²) in [6.07, 6.45) is 4.69. The van der Waals surface area contributed by atoms with Gasteiger partial charge in [-0.2, -0.15) is 0 Å². The van der Waals surface area contributed by atoms with Crippen molar-refractivity contribution in [2.45, 2.75) is 97.5 Å². The van der Waals surface area contributed by atoms with Crippen LogP contribution in [0.3, 0.4) is 0 Å². The number of nitrogens with one attached hydrogen (secondary N) is 2. The lowest BCUT2D eigenvalue weighted by Gasteiger charge is -2.35. The van der Waals surface area contributed by atoms with Gasteiger partial charge in [-0.25, -0.2) is 5.43 Å². The van der Waals surface area contributed by atoms with Crippen LogP contribution in [0.1, 0.15) is 89.3 Å². The van der Waals surface area contributed by atoms with E-state index in [0.717, 1.165) is 63.7 Å². The van der Waals surface area contributed by atoms with E-state index in [1.165, 1.54) is 10.6 Å². The molecular formula is C43H59N7O5S. The normalized spacial score (nSPS) is 27.2. The van der Waals surface area contributed by atoms with E-state index in [1.54, 1.807) is 18.9 Å². The van der Waals surface area contributed by atoms with E-state index >= 15 is 0 Å². The molecule has 3 aromatic rings. The Morgan fingerprint density at radius 2 is 1.98 bits per heavy atom. The van der Waals surface area contributed by atoms with Gasteiger partial charge in [0.2, 0.25) is 5.91 Å². The summed E-state index contributed by atoms with van der Waals surface area (Å²) < 4.78 is 14.4. The number of thioether (sulfide) groups is 1. The van der Waals surface area contributed by atoms with Crippen molar-refractivity contribution in [1.82, 2.24) is 30.2 Å². The molecular weight excluding hydrogens is 727 g/mol. The Morgan fingerprint density at radius 3 is 2.71 bits per heavy atom. The van der Waals surface area contributed by atoms with Gasteiger partial charge in [-0.15, -0.1) is 11.8 Å². The van der Waals surface area contributed by atoms with Gasteiger partial charge in [0.25, 0.3) is 5.91 Å². The van der Waals surface area contributed by atoms with E-state index in [4.69, 9.17) is 19.5 Å². The average Bonchev–Trinajstić information content (AvgIpc) is 3.45. The van der Waals surface area contributed by atoms with Crippen LogP contribution < -0.4 is 10.7 Å². The number of hydrogen-bond donors (Lipinski definition) is 2. The zero-order chi connectivity index (χ0) is 39.9. The van der Waals surface area contributed by atoms with E-state index < -0.39 is 17.5 Å². The van der Waals surface area contributed by atoms with Gasteiger partial charge in [0.1, 0.15) is 12.1 Å². The number of pyridine rings is 1. The number of aliphatic imine (C=N–C) groups is 1. The highest BCUT2D eigenvalue weighted by Crippen LogP contribution is 2.46. The molecule has 7 rings (SSSR count). The minimum atomic E-state index is -0.802. The van der Waals surface area contributed by atoms with Crippen molar-refractivity contribution in [3.63, 3.8) is 0 Å². The number of cyclic esters (lactones) is 1. The first-order chi connectivity index (χ1) is 26.8. The topological polar surface area (TPSA) is 130 Å². The molecule has 1 aliphatic carbocycles. The number of fused-ring (bicyclic) bond motifs is 5. The SMILES string of the molecule is CO[C@@H](C)c1ncccc1-c1c2c3cc(ccc3n1CCCN(C)C)C1CSC(=N1)C[C@H](NC(=O)[C@H]1[C@H](C)[C@@H]1C)C(=O)N1CCC[C@H](N1)C(=O)OCC(C)(C)C2. The van der Waals surface area contributed by atoms with E-state index in [-0.39, 0.29) is 54.3 Å². The summed E-state index contributed by atoms with van der Waals surface area (Å²) in [6, 6.07) is 9.30. The molecule has 2 N–H and O–H groups in total. The third kappa shape index (κ3) is 8.42. The van der Waals surface area contributed by atoms with Gasteiger partial charge in [-0.3, -0.25) is 29.4 Å². The molecule has 7 atom stereocenters. The number of aryl methyl sites for hydroxylation is 1. The number of methoxy groups -OCH3 is 1. The maximum atomic E-state index is 14.2. The molecule has 1 saturated heterocycles. The summed E-state index contributed by atoms with van der Waals surface area (Å²) in [7, 11) is 5.92. The number of hydrogen-bond acceptors (Lipinski definition) is 10. The highest BCUT2D eigenvalue weighted by Gasteiger charge is 2.49. The predicted octanol–water partition coefficient (Wildman–Crippen LogP) is 5.95. The summed E-state index contributed by atoms with van der Waals surface area (Å²) in [5.41, 5.74) is 9.18. The zero-order valence-corrected chi connectivity index (χ0v) is 35.1. The highest BCUT2D eigenvalue weighted by molar-refractivity contribution is 8.14. The van der Waals surface area contributed by atoms with Gasteiger partial charge in [0, 0.05) is 66.4 Å². The van der Waals surface area contributed by atoms with Crippen molar-refractivity contribution in [1.29, 1.82) is 0 Å². The number of carbonyl (C=O) groups excluding carboxylic acids is 3. The lowest BCUT2D eigenvalue weighted by molar-refractivity contribution is -0.155. The highest BCUT2D eigenvalue weighted by atomic mass is 32.2. The third-order valence-corrected chi connectivity index (χ3v) is 13.3. The molecule has 2 aromatic heterocycles. The molecule has 302 valence electrons. The fraction of sp³-hybridized carbons (Fsp3) is 0.605. The summed E-state index contributed by atoms with van der Waals surface area (Å²) in [5.74, 6) is 0.461. The van der Waals surface area contributed by atoms with Gasteiger partial charge in [0.05, 0.1) is 35.2 Å². The molecule has 2 amide bonds. The minimum Gasteiger partial charge on any atom is -0.464 e. The lowest BCUT2D eigenvalue weighted by atomic mass is 9.84. The zero-order valence-electron chi connectivity index (χ0n) is 34.3. The molecule has 56 heavy (non-hydrogen) atoms. The molecule has 13 heteroatoms. The second-order valence-electron chi connectivity index (χ2n) is 17.3. The number of aromatic nitrogens is 2. The molecule has 5 heterocycles. The van der Waals surface area contributed by atoms with Crippen LogP contribution in [0, 0.1) is 23.2 Å². The van der Waals surface area contributed by atoms with E-state index in [0.29, 0.717) is 32.2 Å². The summed E-state index contributed by atoms with van der Waals surface area (Å²) >= 11 is 1.65. The van der Waals surface area contributed by atoms with Crippen LogP contribution in [0.2, 0.25) is 0 Å². The van der Waals surface area contributed by atoms with E-state index in [1.807, 2.05) is 19.2 Å². The molecule has 0 radical (unpaired) electrons. The van der Waals surface area contributed by atoms with Crippen LogP contribution in [0.15, 0.2) is 41.5 Å². The number of hydrazine groups is 1. The van der Waals surface area contributed by atoms with Crippen LogP contribution in [-0.2, 0) is 36.8 Å². The largest absolute Gasteiger partial charge is 0.464 e. The van der Waals surface area contributed by atoms with Gasteiger partial charge in [-0.05, 0) is 100 Å². The Bertz CT molecular complexity index is 1990. The van der Waals surface area contributed by atoms with Crippen LogP contribution in [0.4, 0.5) is 0 Å². The molecule has 1 unspecified atom stereocenters. The van der Waals surface area contributed by atoms with Crippen molar-refractivity contribution >= 4 is 45.5 Å². The monoisotopic (exact) mass is 785 g/mol. The summed E-state index contributed by atoms with van der Waals surface area (Å²) in [6.45, 7) is 12.9. The molecule has 6 bridgehead atoms. The smallest absolute Gasteiger partial charge is 0.324 e. The molecule has 12 nitrogen and oxygen atoms in total. The number of benzene rings is 1. The van der Waals surface area contributed by atoms with Crippen molar-refractivity contribution in [2.24, 2.45) is 28.2 Å². The Morgan fingerprint density at radius 1 is 1.20 bits per heavy atom. The molecule has 4 aliphatic rings. The van der Waals surface area contributed by atoms with Crippen LogP contribution >= 0.6 is 11.8 Å². The number of ether oxygens (including phenoxy) is 2. The first kappa shape index (κ1) is 40.4. The Balaban J connectivity index is 1.35. The fourth-order valence-corrected chi connectivity index (χ4v) is 9.76. The fourth-order valence-electron chi connectivity index (χ4n) is 8.66. The van der Waals surface area contributed by atoms with Crippen molar-refractivity contribution in [2.75, 3.05) is 46.7 Å². The minimum absolute atomic E-state index is 0.0959. The van der Waals surface area contributed by atoms with Crippen LogP contribution in [0.5, 0.6) is 0 Å². The molecule has 2 fully saturated rings. The van der Waals surface area contributed by atoms with E-state index in [9.17, 15) is 14.4 Å². The number of esters is 1. The maximum Gasteiger partial charge on any atom is 0.324 e. The summed E-state index contributed by atoms with van der Waals surface area (Å²) in [5, 5.41) is 6.61. The van der Waals surface area contributed by atoms with E-state index in [2.05, 4.69) is 86.3 Å². The number of rotatable bonds is 9. The van der Waals surface area contributed by atoms with Crippen molar-refractivity contribution < 1.29 is 23.9 Å². The standard InChI is InChI=1S/C43H59N7O5S/c1-25-26(2)37(25)40(51)46-33-21-36-45-34(23-56-36)28-14-15-35-30(20-28)31(22-43(4,5)24-55-42(53)32-13-10-19-50(47-32)41(33)52)39(49(35)18-11-17-48(6)7)29-12-9-16-44-38(29)27(3)54-8/h9,12,14-16,20,25-27,32-34,37,47H,10-11,13,17-19,21-24H2,1-8H3,(H,46,51)/t25-,26+,27-,32-,33-,34?,37+/m0/s1. The van der Waals surface area contributed by atoms with Crippen LogP contribution in [0.25, 0.3) is 22.2 Å². The average molecular weight is 786 g/mol. The van der Waals surface area contributed by atoms with Gasteiger partial charge >= 0.3 is 5.97 Å². The molecule has 1 saturated carbocycles. The first-order valence-electron chi connectivity index (χ1n) is 20.3. The maximum absolute atomic E-state index is 14.2. The van der Waals surface area contributed by atoms with Gasteiger partial charge in [0.15, 0.2) is 0 Å². The summed E-state index contributed by atoms with van der Waals surface area (Å²) in [4.78, 5) is 53.7. The number of amides is 2. The quantitative estimate of drug-likeness (QED) is 0.253. The Kier molecular flexibility index (Phi) is 12.0. The van der Waals surface area contributed by atoms with Gasteiger partial charge in [-0.1, -0.05) is 33.8 Å².